The van der Waals surface area contributed by atoms with Gasteiger partial charge in [0.25, 0.3) is 0 Å². The molecule has 0 aromatic heterocycles. The Kier molecular flexibility index (Phi) is 11.5. The Hall–Kier alpha value is -0.0800. The zero-order valence-electron chi connectivity index (χ0n) is 19.9. The third-order valence-corrected chi connectivity index (χ3v) is 6.64. The predicted molar refractivity (Wildman–Crippen MR) is 121 cm³/mol. The first-order chi connectivity index (χ1) is 12.7. The third kappa shape index (κ3) is 8.86. The second-order valence-electron chi connectivity index (χ2n) is 10.3. The van der Waals surface area contributed by atoms with Crippen molar-refractivity contribution in [3.63, 3.8) is 0 Å². The van der Waals surface area contributed by atoms with Crippen LogP contribution in [0.15, 0.2) is 0 Å². The second kappa shape index (κ2) is 12.5. The molecule has 1 aliphatic heterocycles. The SMILES string of the molecule is CCCCCCCCCCCCOC1CC(C)(C)N(C(C)CC)C(C)(C)C1. The molecule has 1 fully saturated rings. The van der Waals surface area contributed by atoms with E-state index in [4.69, 9.17) is 4.74 Å². The van der Waals surface area contributed by atoms with Gasteiger partial charge in [0.05, 0.1) is 6.10 Å². The van der Waals surface area contributed by atoms with Crippen LogP contribution < -0.4 is 0 Å². The summed E-state index contributed by atoms with van der Waals surface area (Å²) < 4.78 is 6.36. The van der Waals surface area contributed by atoms with Gasteiger partial charge in [0.1, 0.15) is 0 Å². The standard InChI is InChI=1S/C25H51NO/c1-8-10-11-12-13-14-15-16-17-18-19-27-23-20-24(4,5)26(22(3)9-2)25(6,7)21-23/h22-23H,8-21H2,1-7H3. The Balaban J connectivity index is 2.19. The molecule has 2 nitrogen and oxygen atoms in total. The Bertz CT molecular complexity index is 359. The van der Waals surface area contributed by atoms with Crippen molar-refractivity contribution < 1.29 is 4.74 Å². The predicted octanol–water partition coefficient (Wildman–Crippen LogP) is 7.74. The van der Waals surface area contributed by atoms with E-state index in [0.29, 0.717) is 12.1 Å². The molecule has 1 unspecified atom stereocenters. The number of hydrogen-bond acceptors (Lipinski definition) is 2. The maximum absolute atomic E-state index is 6.36. The zero-order chi connectivity index (χ0) is 20.3. The van der Waals surface area contributed by atoms with Crippen LogP contribution in [0.2, 0.25) is 0 Å². The van der Waals surface area contributed by atoms with Crippen molar-refractivity contribution in [3.05, 3.63) is 0 Å². The third-order valence-electron chi connectivity index (χ3n) is 6.64. The second-order valence-corrected chi connectivity index (χ2v) is 10.3. The molecule has 0 radical (unpaired) electrons. The normalized spacial score (nSPS) is 21.4. The molecule has 1 atom stereocenters. The van der Waals surface area contributed by atoms with Crippen molar-refractivity contribution in [1.29, 1.82) is 0 Å². The fraction of sp³-hybridized carbons (Fsp3) is 1.00. The van der Waals surface area contributed by atoms with Crippen molar-refractivity contribution in [3.8, 4) is 0 Å². The maximum atomic E-state index is 6.36. The molecule has 0 amide bonds. The van der Waals surface area contributed by atoms with E-state index in [0.717, 1.165) is 6.61 Å². The molecule has 1 aliphatic rings. The smallest absolute Gasteiger partial charge is 0.0610 e. The molecule has 0 aliphatic carbocycles. The van der Waals surface area contributed by atoms with E-state index in [9.17, 15) is 0 Å². The van der Waals surface area contributed by atoms with Gasteiger partial charge in [0.2, 0.25) is 0 Å². The molecule has 0 aromatic carbocycles. The van der Waals surface area contributed by atoms with E-state index in [1.807, 2.05) is 0 Å². The van der Waals surface area contributed by atoms with Crippen LogP contribution in [0.3, 0.4) is 0 Å². The number of ether oxygens (including phenoxy) is 1. The summed E-state index contributed by atoms with van der Waals surface area (Å²) in [7, 11) is 0. The van der Waals surface area contributed by atoms with Crippen LogP contribution in [0.5, 0.6) is 0 Å². The van der Waals surface area contributed by atoms with Gasteiger partial charge in [-0.05, 0) is 60.3 Å². The first kappa shape index (κ1) is 25.0. The van der Waals surface area contributed by atoms with Gasteiger partial charge in [-0.15, -0.1) is 0 Å². The Morgan fingerprint density at radius 2 is 1.22 bits per heavy atom. The molecule has 0 spiro atoms. The highest BCUT2D eigenvalue weighted by molar-refractivity contribution is 5.02. The largest absolute Gasteiger partial charge is 0.378 e. The first-order valence-electron chi connectivity index (χ1n) is 12.2. The zero-order valence-corrected chi connectivity index (χ0v) is 19.9. The Morgan fingerprint density at radius 1 is 0.778 bits per heavy atom. The monoisotopic (exact) mass is 381 g/mol. The van der Waals surface area contributed by atoms with Crippen LogP contribution in [0.4, 0.5) is 0 Å². The average molecular weight is 382 g/mol. The molecular formula is C25H51NO. The van der Waals surface area contributed by atoms with Gasteiger partial charge in [-0.1, -0.05) is 71.6 Å². The van der Waals surface area contributed by atoms with Gasteiger partial charge in [-0.2, -0.15) is 0 Å². The molecular weight excluding hydrogens is 330 g/mol. The van der Waals surface area contributed by atoms with E-state index in [2.05, 4.69) is 53.4 Å². The van der Waals surface area contributed by atoms with Crippen molar-refractivity contribution in [2.45, 2.75) is 155 Å². The van der Waals surface area contributed by atoms with Gasteiger partial charge in [-0.3, -0.25) is 4.90 Å². The van der Waals surface area contributed by atoms with Gasteiger partial charge in [0.15, 0.2) is 0 Å². The minimum atomic E-state index is 0.222. The summed E-state index contributed by atoms with van der Waals surface area (Å²) >= 11 is 0. The van der Waals surface area contributed by atoms with E-state index in [1.165, 1.54) is 83.5 Å². The molecule has 1 saturated heterocycles. The van der Waals surface area contributed by atoms with Gasteiger partial charge >= 0.3 is 0 Å². The van der Waals surface area contributed by atoms with Crippen LogP contribution in [0.1, 0.15) is 132 Å². The summed E-state index contributed by atoms with van der Waals surface area (Å²) in [6.45, 7) is 17.6. The fourth-order valence-electron chi connectivity index (χ4n) is 5.54. The van der Waals surface area contributed by atoms with Crippen molar-refractivity contribution in [1.82, 2.24) is 4.90 Å². The number of hydrogen-bond donors (Lipinski definition) is 0. The molecule has 0 N–H and O–H groups in total. The summed E-state index contributed by atoms with van der Waals surface area (Å²) in [4.78, 5) is 2.75. The molecule has 0 aromatic rings. The topological polar surface area (TPSA) is 12.5 Å². The fourth-order valence-corrected chi connectivity index (χ4v) is 5.54. The average Bonchev–Trinajstić information content (AvgIpc) is 2.57. The Labute approximate surface area is 171 Å². The highest BCUT2D eigenvalue weighted by Gasteiger charge is 2.47. The van der Waals surface area contributed by atoms with Crippen LogP contribution in [0.25, 0.3) is 0 Å². The molecule has 162 valence electrons. The summed E-state index contributed by atoms with van der Waals surface area (Å²) in [5.41, 5.74) is 0.444. The summed E-state index contributed by atoms with van der Waals surface area (Å²) in [6, 6.07) is 0.637. The number of likely N-dealkylation sites (tertiary alicyclic amines) is 1. The molecule has 1 rings (SSSR count). The van der Waals surface area contributed by atoms with Crippen molar-refractivity contribution in [2.24, 2.45) is 0 Å². The van der Waals surface area contributed by atoms with Gasteiger partial charge < -0.3 is 4.74 Å². The molecule has 2 heteroatoms. The van der Waals surface area contributed by atoms with Crippen LogP contribution in [-0.4, -0.2) is 34.7 Å². The number of nitrogens with zero attached hydrogens (tertiary/aromatic N) is 1. The van der Waals surface area contributed by atoms with Crippen molar-refractivity contribution in [2.75, 3.05) is 6.61 Å². The molecule has 27 heavy (non-hydrogen) atoms. The lowest BCUT2D eigenvalue weighted by Gasteiger charge is -2.57. The number of rotatable bonds is 14. The minimum Gasteiger partial charge on any atom is -0.378 e. The highest BCUT2D eigenvalue weighted by Crippen LogP contribution is 2.41. The van der Waals surface area contributed by atoms with E-state index in [-0.39, 0.29) is 11.1 Å². The first-order valence-corrected chi connectivity index (χ1v) is 12.2. The lowest BCUT2D eigenvalue weighted by atomic mass is 9.76. The molecule has 0 bridgehead atoms. The van der Waals surface area contributed by atoms with Gasteiger partial charge in [0, 0.05) is 23.7 Å². The lowest BCUT2D eigenvalue weighted by molar-refractivity contribution is -0.121. The maximum Gasteiger partial charge on any atom is 0.0610 e. The molecule has 1 heterocycles. The Morgan fingerprint density at radius 3 is 1.67 bits per heavy atom. The van der Waals surface area contributed by atoms with Gasteiger partial charge in [-0.25, -0.2) is 0 Å². The molecule has 0 saturated carbocycles. The minimum absolute atomic E-state index is 0.222. The lowest BCUT2D eigenvalue weighted by Crippen LogP contribution is -2.64. The van der Waals surface area contributed by atoms with E-state index >= 15 is 0 Å². The highest BCUT2D eigenvalue weighted by atomic mass is 16.5. The van der Waals surface area contributed by atoms with E-state index in [1.54, 1.807) is 0 Å². The summed E-state index contributed by atoms with van der Waals surface area (Å²) in [6.07, 6.45) is 17.9. The summed E-state index contributed by atoms with van der Waals surface area (Å²) in [5.74, 6) is 0. The summed E-state index contributed by atoms with van der Waals surface area (Å²) in [5, 5.41) is 0. The number of unbranched alkanes of at least 4 members (excludes halogenated alkanes) is 9. The van der Waals surface area contributed by atoms with Crippen LogP contribution >= 0.6 is 0 Å². The van der Waals surface area contributed by atoms with E-state index < -0.39 is 0 Å². The quantitative estimate of drug-likeness (QED) is 0.285. The van der Waals surface area contributed by atoms with Crippen molar-refractivity contribution >= 4 is 0 Å². The van der Waals surface area contributed by atoms with Crippen LogP contribution in [0, 0.1) is 0 Å². The number of piperidine rings is 1. The van der Waals surface area contributed by atoms with Crippen LogP contribution in [-0.2, 0) is 4.74 Å².